The molecule has 1 unspecified atom stereocenters. The van der Waals surface area contributed by atoms with Gasteiger partial charge in [-0.05, 0) is 42.3 Å². The van der Waals surface area contributed by atoms with E-state index in [0.717, 1.165) is 29.9 Å². The van der Waals surface area contributed by atoms with Crippen molar-refractivity contribution in [3.8, 4) is 0 Å². The summed E-state index contributed by atoms with van der Waals surface area (Å²) < 4.78 is 26.4. The van der Waals surface area contributed by atoms with Crippen molar-refractivity contribution >= 4 is 28.8 Å². The van der Waals surface area contributed by atoms with E-state index in [9.17, 15) is 23.5 Å². The minimum atomic E-state index is -1.22. The van der Waals surface area contributed by atoms with Crippen LogP contribution in [0.1, 0.15) is 17.7 Å². The minimum Gasteiger partial charge on any atom is -0.382 e. The average Bonchev–Trinajstić information content (AvgIpc) is 3.29. The van der Waals surface area contributed by atoms with Crippen molar-refractivity contribution in [2.24, 2.45) is 5.92 Å². The van der Waals surface area contributed by atoms with Gasteiger partial charge in [-0.15, -0.1) is 11.3 Å². The molecule has 0 aliphatic heterocycles. The van der Waals surface area contributed by atoms with Crippen molar-refractivity contribution < 1.29 is 23.5 Å². The lowest BCUT2D eigenvalue weighted by Gasteiger charge is -2.27. The topological polar surface area (TPSA) is 78.4 Å². The predicted molar refractivity (Wildman–Crippen MR) is 88.9 cm³/mol. The molecule has 1 aliphatic carbocycles. The number of carbonyl (C=O) groups excluding carboxylic acids is 2. The van der Waals surface area contributed by atoms with E-state index in [4.69, 9.17) is 0 Å². The molecule has 1 saturated carbocycles. The number of hydrogen-bond donors (Lipinski definition) is 3. The van der Waals surface area contributed by atoms with E-state index in [1.165, 1.54) is 11.3 Å². The first-order chi connectivity index (χ1) is 11.9. The molecule has 3 rings (SSSR count). The van der Waals surface area contributed by atoms with Gasteiger partial charge in [-0.1, -0.05) is 6.07 Å². The van der Waals surface area contributed by atoms with Gasteiger partial charge in [0.25, 0.3) is 0 Å². The minimum absolute atomic E-state index is 0.0315. The van der Waals surface area contributed by atoms with E-state index in [0.29, 0.717) is 6.07 Å². The van der Waals surface area contributed by atoms with Crippen LogP contribution >= 0.6 is 11.3 Å². The summed E-state index contributed by atoms with van der Waals surface area (Å²) in [4.78, 5) is 24.6. The van der Waals surface area contributed by atoms with E-state index >= 15 is 0 Å². The number of aliphatic hydroxyl groups is 1. The van der Waals surface area contributed by atoms with Gasteiger partial charge in [0, 0.05) is 10.9 Å². The molecule has 1 heterocycles. The van der Waals surface area contributed by atoms with Crippen LogP contribution in [0.25, 0.3) is 0 Å². The molecule has 5 nitrogen and oxygen atoms in total. The number of carbonyl (C=O) groups is 2. The van der Waals surface area contributed by atoms with E-state index in [1.807, 2.05) is 5.38 Å². The van der Waals surface area contributed by atoms with Crippen LogP contribution in [0.15, 0.2) is 35.7 Å². The lowest BCUT2D eigenvalue weighted by Crippen LogP contribution is -2.45. The molecular formula is C17H16F2N2O3S. The van der Waals surface area contributed by atoms with Crippen LogP contribution in [0.2, 0.25) is 0 Å². The molecule has 132 valence electrons. The molecule has 1 fully saturated rings. The second-order valence-corrected chi connectivity index (χ2v) is 6.88. The first-order valence-corrected chi connectivity index (χ1v) is 8.58. The molecule has 3 N–H and O–H groups in total. The fraction of sp³-hybridized carbons (Fsp3) is 0.294. The van der Waals surface area contributed by atoms with Gasteiger partial charge in [0.05, 0.1) is 12.2 Å². The zero-order valence-electron chi connectivity index (χ0n) is 13.1. The number of benzene rings is 1. The van der Waals surface area contributed by atoms with E-state index in [1.54, 1.807) is 12.1 Å². The van der Waals surface area contributed by atoms with E-state index in [-0.39, 0.29) is 18.2 Å². The third kappa shape index (κ3) is 3.85. The SMILES string of the molecule is O=C(NCC(O)(c1cccs1)C1CC1)C(=O)Nc1ccc(F)cc1F. The standard InChI is InChI=1S/C17H16F2N2O3S/c18-11-5-6-13(12(19)8-11)21-16(23)15(22)20-9-17(24,10-3-4-10)14-2-1-7-25-14/h1-2,5-8,10,24H,3-4,9H2,(H,20,22)(H,21,23). The third-order valence-corrected chi connectivity index (χ3v) is 5.14. The average molecular weight is 366 g/mol. The molecule has 0 saturated heterocycles. The maximum atomic E-state index is 13.5. The highest BCUT2D eigenvalue weighted by Crippen LogP contribution is 2.46. The number of amides is 2. The van der Waals surface area contributed by atoms with Gasteiger partial charge in [-0.25, -0.2) is 8.78 Å². The summed E-state index contributed by atoms with van der Waals surface area (Å²) >= 11 is 1.38. The lowest BCUT2D eigenvalue weighted by atomic mass is 9.95. The second-order valence-electron chi connectivity index (χ2n) is 5.94. The summed E-state index contributed by atoms with van der Waals surface area (Å²) in [5, 5.41) is 17.2. The molecular weight excluding hydrogens is 350 g/mol. The molecule has 0 radical (unpaired) electrons. The van der Waals surface area contributed by atoms with Gasteiger partial charge in [0.2, 0.25) is 0 Å². The molecule has 0 spiro atoms. The van der Waals surface area contributed by atoms with Gasteiger partial charge in [0.15, 0.2) is 0 Å². The first kappa shape index (κ1) is 17.5. The molecule has 8 heteroatoms. The van der Waals surface area contributed by atoms with Crippen molar-refractivity contribution in [3.63, 3.8) is 0 Å². The summed E-state index contributed by atoms with van der Waals surface area (Å²) in [5.41, 5.74) is -1.51. The van der Waals surface area contributed by atoms with Crippen LogP contribution in [0, 0.1) is 17.6 Å². The van der Waals surface area contributed by atoms with Crippen LogP contribution in [-0.2, 0) is 15.2 Å². The molecule has 25 heavy (non-hydrogen) atoms. The monoisotopic (exact) mass is 366 g/mol. The van der Waals surface area contributed by atoms with Crippen molar-refractivity contribution in [2.45, 2.75) is 18.4 Å². The van der Waals surface area contributed by atoms with Crippen LogP contribution < -0.4 is 10.6 Å². The van der Waals surface area contributed by atoms with Crippen molar-refractivity contribution in [1.29, 1.82) is 0 Å². The van der Waals surface area contributed by atoms with Gasteiger partial charge < -0.3 is 15.7 Å². The highest BCUT2D eigenvalue weighted by atomic mass is 32.1. The van der Waals surface area contributed by atoms with Crippen molar-refractivity contribution in [2.75, 3.05) is 11.9 Å². The molecule has 2 aromatic rings. The Hall–Kier alpha value is -2.32. The Morgan fingerprint density at radius 1 is 1.24 bits per heavy atom. The Kier molecular flexibility index (Phi) is 4.82. The van der Waals surface area contributed by atoms with Gasteiger partial charge in [0.1, 0.15) is 17.2 Å². The normalized spacial score (nSPS) is 16.1. The van der Waals surface area contributed by atoms with Crippen molar-refractivity contribution in [1.82, 2.24) is 5.32 Å². The molecule has 1 aromatic carbocycles. The fourth-order valence-electron chi connectivity index (χ4n) is 2.58. The second kappa shape index (κ2) is 6.89. The first-order valence-electron chi connectivity index (χ1n) is 7.71. The number of nitrogens with one attached hydrogen (secondary N) is 2. The maximum absolute atomic E-state index is 13.5. The zero-order valence-corrected chi connectivity index (χ0v) is 13.9. The van der Waals surface area contributed by atoms with Crippen LogP contribution in [0.4, 0.5) is 14.5 Å². The van der Waals surface area contributed by atoms with E-state index in [2.05, 4.69) is 10.6 Å². The van der Waals surface area contributed by atoms with Crippen LogP contribution in [0.3, 0.4) is 0 Å². The molecule has 2 amide bonds. The maximum Gasteiger partial charge on any atom is 0.313 e. The number of thiophene rings is 1. The van der Waals surface area contributed by atoms with Gasteiger partial charge in [-0.3, -0.25) is 9.59 Å². The number of halogens is 2. The summed E-state index contributed by atoms with van der Waals surface area (Å²) in [5.74, 6) is -3.82. The summed E-state index contributed by atoms with van der Waals surface area (Å²) in [7, 11) is 0. The number of anilines is 1. The Morgan fingerprint density at radius 3 is 2.60 bits per heavy atom. The molecule has 0 bridgehead atoms. The summed E-state index contributed by atoms with van der Waals surface area (Å²) in [6.45, 7) is -0.115. The van der Waals surface area contributed by atoms with Crippen molar-refractivity contribution in [3.05, 3.63) is 52.2 Å². The molecule has 1 aliphatic rings. The highest BCUT2D eigenvalue weighted by molar-refractivity contribution is 7.10. The quantitative estimate of drug-likeness (QED) is 0.711. The summed E-state index contributed by atoms with van der Waals surface area (Å²) in [6.07, 6.45) is 1.69. The lowest BCUT2D eigenvalue weighted by molar-refractivity contribution is -0.137. The Labute approximate surface area is 146 Å². The highest BCUT2D eigenvalue weighted by Gasteiger charge is 2.46. The van der Waals surface area contributed by atoms with Crippen LogP contribution in [0.5, 0.6) is 0 Å². The Bertz CT molecular complexity index is 793. The largest absolute Gasteiger partial charge is 0.382 e. The van der Waals surface area contributed by atoms with Crippen LogP contribution in [-0.4, -0.2) is 23.5 Å². The smallest absolute Gasteiger partial charge is 0.313 e. The predicted octanol–water partition coefficient (Wildman–Crippen LogP) is 2.38. The fourth-order valence-corrected chi connectivity index (χ4v) is 3.49. The van der Waals surface area contributed by atoms with Gasteiger partial charge >= 0.3 is 11.8 Å². The third-order valence-electron chi connectivity index (χ3n) is 4.10. The molecule has 1 atom stereocenters. The Balaban J connectivity index is 1.62. The zero-order chi connectivity index (χ0) is 18.0. The Morgan fingerprint density at radius 2 is 2.00 bits per heavy atom. The van der Waals surface area contributed by atoms with E-state index < -0.39 is 29.0 Å². The molecule has 1 aromatic heterocycles. The number of hydrogen-bond acceptors (Lipinski definition) is 4. The number of rotatable bonds is 5. The van der Waals surface area contributed by atoms with Gasteiger partial charge in [-0.2, -0.15) is 0 Å². The summed E-state index contributed by atoms with van der Waals surface area (Å²) in [6, 6.07) is 6.19.